The third kappa shape index (κ3) is 4.17. The third-order valence-corrected chi connectivity index (χ3v) is 4.19. The van der Waals surface area contributed by atoms with Crippen LogP contribution < -0.4 is 14.8 Å². The summed E-state index contributed by atoms with van der Waals surface area (Å²) in [6, 6.07) is 2.84. The molecule has 1 fully saturated rings. The zero-order chi connectivity index (χ0) is 18.6. The molecule has 1 aliphatic heterocycles. The van der Waals surface area contributed by atoms with Crippen LogP contribution >= 0.6 is 0 Å². The van der Waals surface area contributed by atoms with Gasteiger partial charge in [0.2, 0.25) is 11.8 Å². The van der Waals surface area contributed by atoms with Gasteiger partial charge in [0, 0.05) is 32.1 Å². The van der Waals surface area contributed by atoms with E-state index < -0.39 is 4.92 Å². The zero-order valence-electron chi connectivity index (χ0n) is 14.4. The smallest absolute Gasteiger partial charge is 0.276 e. The fourth-order valence-corrected chi connectivity index (χ4v) is 2.78. The van der Waals surface area contributed by atoms with Gasteiger partial charge < -0.3 is 19.7 Å². The fourth-order valence-electron chi connectivity index (χ4n) is 2.78. The summed E-state index contributed by atoms with van der Waals surface area (Å²) >= 11 is 0. The van der Waals surface area contributed by atoms with Crippen LogP contribution in [0.15, 0.2) is 12.1 Å². The second kappa shape index (κ2) is 7.82. The minimum absolute atomic E-state index is 0.0596. The van der Waals surface area contributed by atoms with Gasteiger partial charge in [-0.25, -0.2) is 0 Å². The molecule has 0 radical (unpaired) electrons. The normalized spacial score (nSPS) is 16.7. The lowest BCUT2D eigenvalue weighted by Gasteiger charge is -2.12. The summed E-state index contributed by atoms with van der Waals surface area (Å²) in [5, 5.41) is 14.0. The number of carbonyl (C=O) groups excluding carboxylic acids is 2. The van der Waals surface area contributed by atoms with E-state index in [0.29, 0.717) is 17.9 Å². The Morgan fingerprint density at radius 2 is 2.00 bits per heavy atom. The molecular weight excluding hydrogens is 330 g/mol. The number of benzene rings is 1. The molecule has 1 saturated heterocycles. The van der Waals surface area contributed by atoms with Gasteiger partial charge in [-0.3, -0.25) is 19.7 Å². The molecule has 9 nitrogen and oxygen atoms in total. The monoisotopic (exact) mass is 351 g/mol. The number of amides is 2. The summed E-state index contributed by atoms with van der Waals surface area (Å²) in [6.07, 6.45) is 0.456. The molecule has 1 heterocycles. The Morgan fingerprint density at radius 3 is 2.52 bits per heavy atom. The van der Waals surface area contributed by atoms with Crippen LogP contribution in [0.4, 0.5) is 5.69 Å². The van der Waals surface area contributed by atoms with Gasteiger partial charge in [0.15, 0.2) is 11.5 Å². The van der Waals surface area contributed by atoms with E-state index >= 15 is 0 Å². The van der Waals surface area contributed by atoms with Crippen LogP contribution in [0.25, 0.3) is 0 Å². The Hall–Kier alpha value is -2.84. The molecule has 25 heavy (non-hydrogen) atoms. The van der Waals surface area contributed by atoms with Crippen molar-refractivity contribution in [3.63, 3.8) is 0 Å². The van der Waals surface area contributed by atoms with Gasteiger partial charge in [0.05, 0.1) is 31.1 Å². The Labute approximate surface area is 145 Å². The Morgan fingerprint density at radius 1 is 1.36 bits per heavy atom. The average Bonchev–Trinajstić information content (AvgIpc) is 2.93. The van der Waals surface area contributed by atoms with Crippen LogP contribution in [0.5, 0.6) is 11.5 Å². The molecule has 0 saturated carbocycles. The van der Waals surface area contributed by atoms with Crippen molar-refractivity contribution in [1.82, 2.24) is 10.2 Å². The van der Waals surface area contributed by atoms with Gasteiger partial charge in [-0.2, -0.15) is 0 Å². The van der Waals surface area contributed by atoms with Crippen molar-refractivity contribution >= 4 is 17.5 Å². The molecule has 1 aliphatic rings. The highest BCUT2D eigenvalue weighted by atomic mass is 16.6. The summed E-state index contributed by atoms with van der Waals surface area (Å²) in [6.45, 7) is 0.616. The molecule has 0 aromatic heterocycles. The zero-order valence-corrected chi connectivity index (χ0v) is 14.4. The van der Waals surface area contributed by atoms with Crippen LogP contribution in [0, 0.1) is 16.0 Å². The number of nitro groups is 1. The van der Waals surface area contributed by atoms with E-state index in [1.807, 2.05) is 0 Å². The molecule has 1 aromatic rings. The maximum atomic E-state index is 12.1. The van der Waals surface area contributed by atoms with Gasteiger partial charge in [-0.15, -0.1) is 0 Å². The highest BCUT2D eigenvalue weighted by molar-refractivity contribution is 5.89. The number of likely N-dealkylation sites (tertiary alicyclic amines) is 1. The summed E-state index contributed by atoms with van der Waals surface area (Å²) in [7, 11) is 4.51. The number of ether oxygens (including phenoxy) is 2. The number of methoxy groups -OCH3 is 2. The highest BCUT2D eigenvalue weighted by Crippen LogP contribution is 2.34. The van der Waals surface area contributed by atoms with Gasteiger partial charge in [0.25, 0.3) is 5.69 Å². The van der Waals surface area contributed by atoms with Crippen molar-refractivity contribution in [2.24, 2.45) is 5.92 Å². The van der Waals surface area contributed by atoms with E-state index in [9.17, 15) is 19.7 Å². The molecule has 2 rings (SSSR count). The molecule has 0 spiro atoms. The Kier molecular flexibility index (Phi) is 5.79. The summed E-state index contributed by atoms with van der Waals surface area (Å²) in [4.78, 5) is 35.8. The van der Waals surface area contributed by atoms with E-state index in [1.54, 1.807) is 7.05 Å². The first-order valence-electron chi connectivity index (χ1n) is 7.78. The lowest BCUT2D eigenvalue weighted by Crippen LogP contribution is -2.33. The molecule has 1 N–H and O–H groups in total. The molecule has 0 unspecified atom stereocenters. The average molecular weight is 351 g/mol. The summed E-state index contributed by atoms with van der Waals surface area (Å²) in [5.41, 5.74) is 0.338. The van der Waals surface area contributed by atoms with Gasteiger partial charge in [-0.1, -0.05) is 0 Å². The first-order valence-corrected chi connectivity index (χ1v) is 7.78. The molecule has 0 bridgehead atoms. The van der Waals surface area contributed by atoms with Crippen molar-refractivity contribution < 1.29 is 24.0 Å². The summed E-state index contributed by atoms with van der Waals surface area (Å²) < 4.78 is 10.2. The molecule has 0 aliphatic carbocycles. The van der Waals surface area contributed by atoms with Crippen molar-refractivity contribution in [3.05, 3.63) is 27.8 Å². The van der Waals surface area contributed by atoms with Crippen molar-refractivity contribution in [1.29, 1.82) is 0 Å². The van der Waals surface area contributed by atoms with E-state index in [0.717, 1.165) is 0 Å². The predicted molar refractivity (Wildman–Crippen MR) is 88.7 cm³/mol. The molecule has 1 atom stereocenters. The summed E-state index contributed by atoms with van der Waals surface area (Å²) in [5.74, 6) is 0.00123. The van der Waals surface area contributed by atoms with Crippen LogP contribution in [-0.4, -0.2) is 56.0 Å². The van der Waals surface area contributed by atoms with Crippen LogP contribution in [0.3, 0.4) is 0 Å². The number of nitrogens with zero attached hydrogens (tertiary/aromatic N) is 2. The molecule has 9 heteroatoms. The largest absolute Gasteiger partial charge is 0.493 e. The number of nitrogens with one attached hydrogen (secondary N) is 1. The fraction of sp³-hybridized carbons (Fsp3) is 0.500. The minimum atomic E-state index is -0.496. The van der Waals surface area contributed by atoms with Crippen LogP contribution in [0.2, 0.25) is 0 Å². The number of hydrogen-bond donors (Lipinski definition) is 1. The highest BCUT2D eigenvalue weighted by Gasteiger charge is 2.31. The van der Waals surface area contributed by atoms with E-state index in [1.165, 1.54) is 31.3 Å². The van der Waals surface area contributed by atoms with Crippen molar-refractivity contribution in [3.8, 4) is 11.5 Å². The number of nitro benzene ring substituents is 1. The topological polar surface area (TPSA) is 111 Å². The molecule has 1 aromatic carbocycles. The second-order valence-electron chi connectivity index (χ2n) is 5.81. The van der Waals surface area contributed by atoms with E-state index in [-0.39, 0.29) is 48.6 Å². The predicted octanol–water partition coefficient (Wildman–Crippen LogP) is 0.749. The lowest BCUT2D eigenvalue weighted by molar-refractivity contribution is -0.385. The molecular formula is C16H21N3O6. The third-order valence-electron chi connectivity index (χ3n) is 4.19. The quantitative estimate of drug-likeness (QED) is 0.573. The number of hydrogen-bond acceptors (Lipinski definition) is 6. The van der Waals surface area contributed by atoms with Crippen LogP contribution in [-0.2, 0) is 16.0 Å². The minimum Gasteiger partial charge on any atom is -0.493 e. The lowest BCUT2D eigenvalue weighted by atomic mass is 10.1. The van der Waals surface area contributed by atoms with Gasteiger partial charge in [-0.05, 0) is 12.5 Å². The van der Waals surface area contributed by atoms with Crippen LogP contribution in [0.1, 0.15) is 12.0 Å². The maximum Gasteiger partial charge on any atom is 0.276 e. The maximum absolute atomic E-state index is 12.1. The molecule has 136 valence electrons. The van der Waals surface area contributed by atoms with Crippen molar-refractivity contribution in [2.45, 2.75) is 12.8 Å². The van der Waals surface area contributed by atoms with Crippen molar-refractivity contribution in [2.75, 3.05) is 34.4 Å². The number of rotatable bonds is 7. The van der Waals surface area contributed by atoms with Gasteiger partial charge >= 0.3 is 0 Å². The molecule has 2 amide bonds. The first kappa shape index (κ1) is 18.5. The second-order valence-corrected chi connectivity index (χ2v) is 5.81. The van der Waals surface area contributed by atoms with E-state index in [4.69, 9.17) is 9.47 Å². The Balaban J connectivity index is 2.03. The van der Waals surface area contributed by atoms with Gasteiger partial charge in [0.1, 0.15) is 0 Å². The number of carbonyl (C=O) groups is 2. The Bertz CT molecular complexity index is 691. The first-order chi connectivity index (χ1) is 11.9. The standard InChI is InChI=1S/C16H21N3O6/c1-18-9-11(7-15(18)20)16(21)17-5-4-10-6-13(24-2)14(25-3)8-12(10)19(22)23/h6,8,11H,4-5,7,9H2,1-3H3,(H,17,21)/t11-/m1/s1. The SMILES string of the molecule is COc1cc(CCNC(=O)[C@@H]2CC(=O)N(C)C2)c([N+](=O)[O-])cc1OC. The van der Waals surface area contributed by atoms with E-state index in [2.05, 4.69) is 5.32 Å².